The minimum atomic E-state index is -0.142. The Hall–Kier alpha value is -3.08. The molecule has 1 aromatic heterocycles. The molecule has 5 heteroatoms. The maximum atomic E-state index is 13.0. The molecule has 2 amide bonds. The van der Waals surface area contributed by atoms with Crippen LogP contribution in [0.3, 0.4) is 0 Å². The zero-order valence-corrected chi connectivity index (χ0v) is 16.9. The molecule has 0 spiro atoms. The highest BCUT2D eigenvalue weighted by Gasteiger charge is 2.25. The smallest absolute Gasteiger partial charge is 0.318 e. The van der Waals surface area contributed by atoms with Gasteiger partial charge >= 0.3 is 6.03 Å². The summed E-state index contributed by atoms with van der Waals surface area (Å²) in [5, 5.41) is 3.26. The molecule has 1 fully saturated rings. The standard InChI is InChI=1S/C24H28N4O/c1-19-25-14-17-28(19)18-20-12-15-27(16-13-20)24(29)26-23(21-8-4-2-5-9-21)22-10-6-3-7-11-22/h2-11,14,17,20,23H,12-13,15-16,18H2,1H3,(H,26,29). The van der Waals surface area contributed by atoms with E-state index in [9.17, 15) is 4.79 Å². The fourth-order valence-corrected chi connectivity index (χ4v) is 4.06. The predicted molar refractivity (Wildman–Crippen MR) is 115 cm³/mol. The lowest BCUT2D eigenvalue weighted by Gasteiger charge is -2.33. The van der Waals surface area contributed by atoms with Gasteiger partial charge < -0.3 is 14.8 Å². The molecule has 0 bridgehead atoms. The second kappa shape index (κ2) is 8.95. The van der Waals surface area contributed by atoms with Gasteiger partial charge in [0.25, 0.3) is 0 Å². The normalized spacial score (nSPS) is 14.9. The van der Waals surface area contributed by atoms with Gasteiger partial charge in [-0.25, -0.2) is 9.78 Å². The summed E-state index contributed by atoms with van der Waals surface area (Å²) in [6, 6.07) is 20.2. The van der Waals surface area contributed by atoms with Crippen molar-refractivity contribution in [3.63, 3.8) is 0 Å². The number of nitrogens with zero attached hydrogens (tertiary/aromatic N) is 3. The van der Waals surface area contributed by atoms with Crippen LogP contribution in [0, 0.1) is 12.8 Å². The summed E-state index contributed by atoms with van der Waals surface area (Å²) in [5.74, 6) is 1.64. The fourth-order valence-electron chi connectivity index (χ4n) is 4.06. The minimum Gasteiger partial charge on any atom is -0.335 e. The van der Waals surface area contributed by atoms with Crippen LogP contribution >= 0.6 is 0 Å². The van der Waals surface area contributed by atoms with E-state index < -0.39 is 0 Å². The highest BCUT2D eigenvalue weighted by molar-refractivity contribution is 5.75. The molecule has 5 nitrogen and oxygen atoms in total. The molecule has 0 saturated carbocycles. The number of hydrogen-bond acceptors (Lipinski definition) is 2. The van der Waals surface area contributed by atoms with E-state index in [-0.39, 0.29) is 12.1 Å². The summed E-state index contributed by atoms with van der Waals surface area (Å²) in [6.07, 6.45) is 5.93. The van der Waals surface area contributed by atoms with Crippen LogP contribution in [0.15, 0.2) is 73.1 Å². The number of benzene rings is 2. The molecule has 1 N–H and O–H groups in total. The Morgan fingerprint density at radius 3 is 2.14 bits per heavy atom. The number of urea groups is 1. The van der Waals surface area contributed by atoms with E-state index in [1.165, 1.54) is 0 Å². The van der Waals surface area contributed by atoms with E-state index in [4.69, 9.17) is 0 Å². The van der Waals surface area contributed by atoms with Gasteiger partial charge in [-0.3, -0.25) is 0 Å². The first kappa shape index (κ1) is 19.2. The van der Waals surface area contributed by atoms with Crippen LogP contribution in [-0.4, -0.2) is 33.6 Å². The summed E-state index contributed by atoms with van der Waals surface area (Å²) in [7, 11) is 0. The molecule has 1 saturated heterocycles. The van der Waals surface area contributed by atoms with Crippen molar-refractivity contribution in [2.24, 2.45) is 5.92 Å². The van der Waals surface area contributed by atoms with Gasteiger partial charge in [0.05, 0.1) is 6.04 Å². The molecule has 4 rings (SSSR count). The second-order valence-corrected chi connectivity index (χ2v) is 7.76. The average molecular weight is 389 g/mol. The predicted octanol–water partition coefficient (Wildman–Crippen LogP) is 4.40. The molecule has 29 heavy (non-hydrogen) atoms. The van der Waals surface area contributed by atoms with E-state index in [1.807, 2.05) is 60.6 Å². The van der Waals surface area contributed by atoms with Crippen molar-refractivity contribution >= 4 is 6.03 Å². The van der Waals surface area contributed by atoms with Crippen LogP contribution in [0.2, 0.25) is 0 Å². The molecule has 0 radical (unpaired) electrons. The van der Waals surface area contributed by atoms with E-state index in [0.29, 0.717) is 5.92 Å². The van der Waals surface area contributed by atoms with Gasteiger partial charge in [-0.05, 0) is 36.8 Å². The number of rotatable bonds is 5. The molecule has 150 valence electrons. The minimum absolute atomic E-state index is 0.0139. The van der Waals surface area contributed by atoms with Gasteiger partial charge in [-0.2, -0.15) is 0 Å². The Morgan fingerprint density at radius 1 is 1.03 bits per heavy atom. The quantitative estimate of drug-likeness (QED) is 0.704. The van der Waals surface area contributed by atoms with Crippen LogP contribution in [0.1, 0.15) is 35.8 Å². The SMILES string of the molecule is Cc1nccn1CC1CCN(C(=O)NC(c2ccccc2)c2ccccc2)CC1. The maximum Gasteiger partial charge on any atom is 0.318 e. The van der Waals surface area contributed by atoms with Crippen molar-refractivity contribution in [1.29, 1.82) is 0 Å². The van der Waals surface area contributed by atoms with Gasteiger partial charge in [0.1, 0.15) is 5.82 Å². The van der Waals surface area contributed by atoms with Gasteiger partial charge in [0, 0.05) is 32.0 Å². The Morgan fingerprint density at radius 2 is 1.62 bits per heavy atom. The summed E-state index contributed by atoms with van der Waals surface area (Å²) in [6.45, 7) is 4.61. The van der Waals surface area contributed by atoms with Crippen molar-refractivity contribution in [3.05, 3.63) is 90.0 Å². The first-order chi connectivity index (χ1) is 14.2. The van der Waals surface area contributed by atoms with Crippen LogP contribution < -0.4 is 5.32 Å². The summed E-state index contributed by atoms with van der Waals surface area (Å²) in [4.78, 5) is 19.3. The van der Waals surface area contributed by atoms with Gasteiger partial charge in [-0.1, -0.05) is 60.7 Å². The second-order valence-electron chi connectivity index (χ2n) is 7.76. The Bertz CT molecular complexity index is 875. The first-order valence-corrected chi connectivity index (χ1v) is 10.3. The average Bonchev–Trinajstić information content (AvgIpc) is 3.18. The van der Waals surface area contributed by atoms with Crippen molar-refractivity contribution in [2.45, 2.75) is 32.4 Å². The number of likely N-dealkylation sites (tertiary alicyclic amines) is 1. The van der Waals surface area contributed by atoms with Crippen LogP contribution in [0.5, 0.6) is 0 Å². The number of amides is 2. The molecule has 1 aliphatic heterocycles. The lowest BCUT2D eigenvalue weighted by molar-refractivity contribution is 0.163. The van der Waals surface area contributed by atoms with Crippen molar-refractivity contribution < 1.29 is 4.79 Å². The Balaban J connectivity index is 1.39. The highest BCUT2D eigenvalue weighted by Crippen LogP contribution is 2.24. The third-order valence-corrected chi connectivity index (χ3v) is 5.81. The number of piperidine rings is 1. The van der Waals surface area contributed by atoms with Crippen molar-refractivity contribution in [3.8, 4) is 0 Å². The van der Waals surface area contributed by atoms with Gasteiger partial charge in [0.2, 0.25) is 0 Å². The zero-order chi connectivity index (χ0) is 20.1. The number of carbonyl (C=O) groups is 1. The molecule has 3 aromatic rings. The summed E-state index contributed by atoms with van der Waals surface area (Å²) in [5.41, 5.74) is 2.19. The number of carbonyl (C=O) groups excluding carboxylic acids is 1. The molecular weight excluding hydrogens is 360 g/mol. The topological polar surface area (TPSA) is 50.2 Å². The lowest BCUT2D eigenvalue weighted by atomic mass is 9.96. The summed E-state index contributed by atoms with van der Waals surface area (Å²) >= 11 is 0. The van der Waals surface area contributed by atoms with Crippen LogP contribution in [0.4, 0.5) is 4.79 Å². The van der Waals surface area contributed by atoms with Crippen LogP contribution in [0.25, 0.3) is 0 Å². The Kier molecular flexibility index (Phi) is 5.94. The third-order valence-electron chi connectivity index (χ3n) is 5.81. The molecular formula is C24H28N4O. The van der Waals surface area contributed by atoms with Crippen LogP contribution in [-0.2, 0) is 6.54 Å². The number of nitrogens with one attached hydrogen (secondary N) is 1. The third kappa shape index (κ3) is 4.67. The first-order valence-electron chi connectivity index (χ1n) is 10.3. The van der Waals surface area contributed by atoms with E-state index in [1.54, 1.807) is 0 Å². The summed E-state index contributed by atoms with van der Waals surface area (Å²) < 4.78 is 2.21. The molecule has 1 aliphatic rings. The largest absolute Gasteiger partial charge is 0.335 e. The fraction of sp³-hybridized carbons (Fsp3) is 0.333. The number of aromatic nitrogens is 2. The van der Waals surface area contributed by atoms with E-state index in [2.05, 4.69) is 39.1 Å². The molecule has 0 unspecified atom stereocenters. The molecule has 2 heterocycles. The van der Waals surface area contributed by atoms with E-state index >= 15 is 0 Å². The molecule has 2 aromatic carbocycles. The molecule has 0 atom stereocenters. The Labute approximate surface area is 172 Å². The highest BCUT2D eigenvalue weighted by atomic mass is 16.2. The van der Waals surface area contributed by atoms with Crippen molar-refractivity contribution in [1.82, 2.24) is 19.8 Å². The van der Waals surface area contributed by atoms with E-state index in [0.717, 1.165) is 49.4 Å². The zero-order valence-electron chi connectivity index (χ0n) is 16.9. The van der Waals surface area contributed by atoms with Crippen molar-refractivity contribution in [2.75, 3.05) is 13.1 Å². The lowest BCUT2D eigenvalue weighted by Crippen LogP contribution is -2.46. The molecule has 0 aliphatic carbocycles. The number of imidazole rings is 1. The maximum absolute atomic E-state index is 13.0. The monoisotopic (exact) mass is 388 g/mol. The van der Waals surface area contributed by atoms with Gasteiger partial charge in [0.15, 0.2) is 0 Å². The van der Waals surface area contributed by atoms with Gasteiger partial charge in [-0.15, -0.1) is 0 Å². The number of hydrogen-bond donors (Lipinski definition) is 1. The number of aryl methyl sites for hydroxylation is 1.